The van der Waals surface area contributed by atoms with Gasteiger partial charge in [0.1, 0.15) is 5.69 Å². The van der Waals surface area contributed by atoms with E-state index >= 15 is 0 Å². The Morgan fingerprint density at radius 3 is 2.23 bits per heavy atom. The molecule has 5 nitrogen and oxygen atoms in total. The zero-order valence-corrected chi connectivity index (χ0v) is 16.7. The van der Waals surface area contributed by atoms with E-state index < -0.39 is 28.6 Å². The molecule has 0 saturated heterocycles. The van der Waals surface area contributed by atoms with E-state index in [1.807, 2.05) is 6.07 Å². The van der Waals surface area contributed by atoms with E-state index in [9.17, 15) is 18.4 Å². The maximum absolute atomic E-state index is 14.8. The van der Waals surface area contributed by atoms with Crippen molar-refractivity contribution in [3.8, 4) is 17.5 Å². The van der Waals surface area contributed by atoms with E-state index in [-0.39, 0.29) is 11.1 Å². The average molecular weight is 407 g/mol. The van der Waals surface area contributed by atoms with Crippen molar-refractivity contribution >= 4 is 6.21 Å². The molecule has 0 aliphatic carbocycles. The molecular formula is C23H19F2N3O2. The number of halogens is 2. The van der Waals surface area contributed by atoms with Crippen molar-refractivity contribution < 1.29 is 8.78 Å². The summed E-state index contributed by atoms with van der Waals surface area (Å²) in [4.78, 5) is 29.5. The molecule has 0 atom stereocenters. The molecule has 0 aliphatic heterocycles. The minimum absolute atomic E-state index is 0.0855. The van der Waals surface area contributed by atoms with Crippen molar-refractivity contribution in [3.63, 3.8) is 0 Å². The van der Waals surface area contributed by atoms with Crippen LogP contribution in [0.25, 0.3) is 5.69 Å². The molecule has 0 amide bonds. The van der Waals surface area contributed by atoms with Gasteiger partial charge in [-0.25, -0.2) is 18.1 Å². The molecule has 3 rings (SSSR count). The van der Waals surface area contributed by atoms with Crippen molar-refractivity contribution in [2.24, 2.45) is 12.0 Å². The number of rotatable bonds is 3. The van der Waals surface area contributed by atoms with E-state index in [0.29, 0.717) is 22.4 Å². The van der Waals surface area contributed by atoms with Crippen LogP contribution in [0, 0.1) is 30.4 Å². The number of aromatic nitrogens is 2. The summed E-state index contributed by atoms with van der Waals surface area (Å²) in [5.74, 6) is 3.38. The normalized spacial score (nSPS) is 10.8. The summed E-state index contributed by atoms with van der Waals surface area (Å²) in [6, 6.07) is 11.0. The van der Waals surface area contributed by atoms with Gasteiger partial charge in [-0.05, 0) is 38.1 Å². The van der Waals surface area contributed by atoms with Crippen LogP contribution >= 0.6 is 0 Å². The second-order valence-corrected chi connectivity index (χ2v) is 6.51. The fourth-order valence-corrected chi connectivity index (χ4v) is 2.88. The van der Waals surface area contributed by atoms with Crippen molar-refractivity contribution in [3.05, 3.63) is 97.3 Å². The van der Waals surface area contributed by atoms with Crippen LogP contribution in [-0.2, 0) is 7.05 Å². The third kappa shape index (κ3) is 3.98. The number of aliphatic imine (C=N–C) groups is 1. The number of benzene rings is 2. The molecule has 0 saturated carbocycles. The number of hydrogen-bond acceptors (Lipinski definition) is 3. The van der Waals surface area contributed by atoms with E-state index in [1.54, 1.807) is 38.1 Å². The van der Waals surface area contributed by atoms with Gasteiger partial charge >= 0.3 is 5.69 Å². The van der Waals surface area contributed by atoms with Crippen molar-refractivity contribution in [2.45, 2.75) is 13.8 Å². The third-order valence-corrected chi connectivity index (χ3v) is 4.57. The molecule has 0 spiro atoms. The van der Waals surface area contributed by atoms with Gasteiger partial charge < -0.3 is 0 Å². The Bertz CT molecular complexity index is 1290. The first-order valence-electron chi connectivity index (χ1n) is 9.24. The van der Waals surface area contributed by atoms with Crippen molar-refractivity contribution in [2.75, 3.05) is 6.54 Å². The van der Waals surface area contributed by atoms with E-state index in [1.165, 1.54) is 13.3 Å². The predicted molar refractivity (Wildman–Crippen MR) is 112 cm³/mol. The summed E-state index contributed by atoms with van der Waals surface area (Å²) < 4.78 is 31.3. The molecule has 30 heavy (non-hydrogen) atoms. The zero-order chi connectivity index (χ0) is 21.8. The van der Waals surface area contributed by atoms with Crippen LogP contribution < -0.4 is 11.2 Å². The van der Waals surface area contributed by atoms with Gasteiger partial charge in [0.15, 0.2) is 11.6 Å². The smallest absolute Gasteiger partial charge is 0.300 e. The molecule has 0 radical (unpaired) electrons. The molecule has 1 heterocycles. The highest BCUT2D eigenvalue weighted by atomic mass is 19.1. The molecule has 2 aromatic carbocycles. The van der Waals surface area contributed by atoms with Gasteiger partial charge in [-0.2, -0.15) is 0 Å². The Hall–Kier alpha value is -3.79. The van der Waals surface area contributed by atoms with Gasteiger partial charge in [0.05, 0.1) is 5.56 Å². The molecule has 7 heteroatoms. The summed E-state index contributed by atoms with van der Waals surface area (Å²) in [6.45, 7) is 3.76. The Morgan fingerprint density at radius 1 is 1.03 bits per heavy atom. The van der Waals surface area contributed by atoms with Gasteiger partial charge in [-0.15, -0.1) is 0 Å². The highest BCUT2D eigenvalue weighted by Crippen LogP contribution is 2.18. The molecule has 0 bridgehead atoms. The average Bonchev–Trinajstić information content (AvgIpc) is 2.73. The van der Waals surface area contributed by atoms with Crippen LogP contribution in [0.15, 0.2) is 57.0 Å². The van der Waals surface area contributed by atoms with Crippen LogP contribution in [0.5, 0.6) is 0 Å². The summed E-state index contributed by atoms with van der Waals surface area (Å²) >= 11 is 0. The third-order valence-electron chi connectivity index (χ3n) is 4.57. The summed E-state index contributed by atoms with van der Waals surface area (Å²) in [5, 5.41) is 0. The second-order valence-electron chi connectivity index (χ2n) is 6.51. The molecular weight excluding hydrogens is 388 g/mol. The van der Waals surface area contributed by atoms with Crippen LogP contribution in [0.3, 0.4) is 0 Å². The lowest BCUT2D eigenvalue weighted by molar-refractivity contribution is 0.555. The van der Waals surface area contributed by atoms with E-state index in [4.69, 9.17) is 0 Å². The Kier molecular flexibility index (Phi) is 6.07. The first-order valence-corrected chi connectivity index (χ1v) is 9.24. The minimum atomic E-state index is -1.06. The SMILES string of the molecule is CC/N=C\c1c(C)n(C)c(=O)n(-c2c(F)cc(C#Cc3ccccc3)cc2F)c1=O. The van der Waals surface area contributed by atoms with E-state index in [0.717, 1.165) is 16.7 Å². The van der Waals surface area contributed by atoms with Gasteiger partial charge in [0.2, 0.25) is 0 Å². The highest BCUT2D eigenvalue weighted by molar-refractivity contribution is 5.80. The molecule has 152 valence electrons. The number of hydrogen-bond donors (Lipinski definition) is 0. The second kappa shape index (κ2) is 8.70. The Morgan fingerprint density at radius 2 is 1.63 bits per heavy atom. The topological polar surface area (TPSA) is 56.4 Å². The summed E-state index contributed by atoms with van der Waals surface area (Å²) in [6.07, 6.45) is 1.31. The minimum Gasteiger partial charge on any atom is -0.300 e. The predicted octanol–water partition coefficient (Wildman–Crippen LogP) is 2.96. The molecule has 1 aromatic heterocycles. The van der Waals surface area contributed by atoms with Crippen LogP contribution in [0.4, 0.5) is 8.78 Å². The lowest BCUT2D eigenvalue weighted by atomic mass is 10.1. The molecule has 0 fully saturated rings. The molecule has 0 aliphatic rings. The summed E-state index contributed by atoms with van der Waals surface area (Å²) in [7, 11) is 1.42. The van der Waals surface area contributed by atoms with Crippen molar-refractivity contribution in [1.82, 2.24) is 9.13 Å². The van der Waals surface area contributed by atoms with Gasteiger partial charge in [0.25, 0.3) is 5.56 Å². The van der Waals surface area contributed by atoms with Gasteiger partial charge in [-0.1, -0.05) is 30.0 Å². The lowest BCUT2D eigenvalue weighted by Gasteiger charge is -2.13. The quantitative estimate of drug-likeness (QED) is 0.495. The zero-order valence-electron chi connectivity index (χ0n) is 16.7. The first-order chi connectivity index (χ1) is 14.3. The highest BCUT2D eigenvalue weighted by Gasteiger charge is 2.21. The molecule has 0 N–H and O–H groups in total. The standard InChI is InChI=1S/C23H19F2N3O2/c1-4-26-14-18-15(2)27(3)23(30)28(22(18)29)21-19(24)12-17(13-20(21)25)11-10-16-8-6-5-7-9-16/h5-9,12-14H,4H2,1-3H3/b26-14-. The maximum Gasteiger partial charge on any atom is 0.335 e. The maximum atomic E-state index is 14.8. The molecule has 0 unspecified atom stereocenters. The monoisotopic (exact) mass is 407 g/mol. The van der Waals surface area contributed by atoms with E-state index in [2.05, 4.69) is 16.8 Å². The largest absolute Gasteiger partial charge is 0.335 e. The Balaban J connectivity index is 2.19. The van der Waals surface area contributed by atoms with Crippen LogP contribution in [-0.4, -0.2) is 21.9 Å². The van der Waals surface area contributed by atoms with Crippen LogP contribution in [0.2, 0.25) is 0 Å². The van der Waals surface area contributed by atoms with Crippen LogP contribution in [0.1, 0.15) is 29.3 Å². The Labute approximate surface area is 172 Å². The number of nitrogens with zero attached hydrogens (tertiary/aromatic N) is 3. The fraction of sp³-hybridized carbons (Fsp3) is 0.174. The van der Waals surface area contributed by atoms with Gasteiger partial charge in [0, 0.05) is 36.6 Å². The fourth-order valence-electron chi connectivity index (χ4n) is 2.88. The lowest BCUT2D eigenvalue weighted by Crippen LogP contribution is -2.42. The first kappa shape index (κ1) is 20.9. The van der Waals surface area contributed by atoms with Crippen molar-refractivity contribution in [1.29, 1.82) is 0 Å². The summed E-state index contributed by atoms with van der Waals surface area (Å²) in [5.41, 5.74) is -1.22. The van der Waals surface area contributed by atoms with Gasteiger partial charge in [-0.3, -0.25) is 14.4 Å². The molecule has 3 aromatic rings.